The molecule has 0 bridgehead atoms. The van der Waals surface area contributed by atoms with E-state index < -0.39 is 6.04 Å². The second-order valence-corrected chi connectivity index (χ2v) is 5.59. The monoisotopic (exact) mass is 307 g/mol. The Morgan fingerprint density at radius 3 is 2.86 bits per heavy atom. The zero-order valence-corrected chi connectivity index (χ0v) is 13.3. The van der Waals surface area contributed by atoms with E-state index in [2.05, 4.69) is 16.3 Å². The molecular weight excluding hydrogens is 282 g/mol. The van der Waals surface area contributed by atoms with Crippen LogP contribution in [-0.2, 0) is 20.8 Å². The second kappa shape index (κ2) is 8.24. The first-order valence-electron chi connectivity index (χ1n) is 7.55. The molecule has 122 valence electrons. The summed E-state index contributed by atoms with van der Waals surface area (Å²) in [5, 5.41) is 2.89. The highest BCUT2D eigenvalue weighted by Gasteiger charge is 2.15. The lowest BCUT2D eigenvalue weighted by Crippen LogP contribution is -2.39. The van der Waals surface area contributed by atoms with Gasteiger partial charge in [0.2, 0.25) is 5.91 Å². The fourth-order valence-corrected chi connectivity index (χ4v) is 2.40. The lowest BCUT2D eigenvalue weighted by molar-refractivity contribution is -0.118. The molecule has 6 nitrogen and oxygen atoms in total. The average molecular weight is 307 g/mol. The van der Waals surface area contributed by atoms with Gasteiger partial charge >= 0.3 is 0 Å². The van der Waals surface area contributed by atoms with Crippen LogP contribution in [0.15, 0.2) is 18.2 Å². The van der Waals surface area contributed by atoms with Gasteiger partial charge in [-0.25, -0.2) is 0 Å². The highest BCUT2D eigenvalue weighted by molar-refractivity contribution is 5.95. The van der Waals surface area contributed by atoms with Gasteiger partial charge in [-0.2, -0.15) is 0 Å². The number of anilines is 1. The summed E-state index contributed by atoms with van der Waals surface area (Å²) in [6.45, 7) is 6.47. The van der Waals surface area contributed by atoms with E-state index in [1.165, 1.54) is 12.7 Å². The molecule has 0 spiro atoms. The summed E-state index contributed by atoms with van der Waals surface area (Å²) < 4.78 is 10.3. The lowest BCUT2D eigenvalue weighted by atomic mass is 10.1. The lowest BCUT2D eigenvalue weighted by Gasteiger charge is -2.26. The minimum atomic E-state index is -0.660. The van der Waals surface area contributed by atoms with E-state index >= 15 is 0 Å². The molecule has 0 aromatic heterocycles. The van der Waals surface area contributed by atoms with Crippen molar-refractivity contribution < 1.29 is 14.3 Å². The molecule has 2 rings (SSSR count). The van der Waals surface area contributed by atoms with Crippen molar-refractivity contribution in [1.29, 1.82) is 0 Å². The first kappa shape index (κ1) is 16.9. The molecule has 1 aromatic rings. The molecule has 1 aliphatic heterocycles. The van der Waals surface area contributed by atoms with Crippen molar-refractivity contribution in [3.8, 4) is 0 Å². The maximum absolute atomic E-state index is 12.0. The van der Waals surface area contributed by atoms with E-state index in [1.54, 1.807) is 0 Å². The van der Waals surface area contributed by atoms with Gasteiger partial charge in [0.1, 0.15) is 6.04 Å². The minimum absolute atomic E-state index is 0.207. The van der Waals surface area contributed by atoms with Crippen LogP contribution in [0, 0.1) is 6.92 Å². The van der Waals surface area contributed by atoms with E-state index in [4.69, 9.17) is 15.2 Å². The molecule has 3 N–H and O–H groups in total. The van der Waals surface area contributed by atoms with E-state index in [0.29, 0.717) is 0 Å². The molecule has 1 atom stereocenters. The molecule has 1 aromatic carbocycles. The SMILES string of the molecule is COCC(N)C(=O)Nc1cc(CN2CCOCC2)ccc1C. The Kier molecular flexibility index (Phi) is 6.33. The Balaban J connectivity index is 2.01. The van der Waals surface area contributed by atoms with Gasteiger partial charge < -0.3 is 20.5 Å². The van der Waals surface area contributed by atoms with Gasteiger partial charge in [-0.3, -0.25) is 9.69 Å². The molecule has 0 saturated carbocycles. The molecule has 1 saturated heterocycles. The van der Waals surface area contributed by atoms with Crippen LogP contribution in [0.2, 0.25) is 0 Å². The number of hydrogen-bond acceptors (Lipinski definition) is 5. The minimum Gasteiger partial charge on any atom is -0.383 e. The number of benzene rings is 1. The quantitative estimate of drug-likeness (QED) is 0.810. The van der Waals surface area contributed by atoms with Gasteiger partial charge in [-0.05, 0) is 24.1 Å². The standard InChI is InChI=1S/C16H25N3O3/c1-12-3-4-13(10-19-5-7-22-8-6-19)9-15(12)18-16(20)14(17)11-21-2/h3-4,9,14H,5-8,10-11,17H2,1-2H3,(H,18,20). The van der Waals surface area contributed by atoms with Gasteiger partial charge in [0, 0.05) is 32.4 Å². The van der Waals surface area contributed by atoms with Crippen LogP contribution in [0.4, 0.5) is 5.69 Å². The summed E-state index contributed by atoms with van der Waals surface area (Å²) in [7, 11) is 1.53. The fraction of sp³-hybridized carbons (Fsp3) is 0.562. The van der Waals surface area contributed by atoms with E-state index in [9.17, 15) is 4.79 Å². The van der Waals surface area contributed by atoms with E-state index in [0.717, 1.165) is 44.1 Å². The van der Waals surface area contributed by atoms with Crippen molar-refractivity contribution in [3.63, 3.8) is 0 Å². The number of nitrogens with zero attached hydrogens (tertiary/aromatic N) is 1. The summed E-state index contributed by atoms with van der Waals surface area (Å²) in [6, 6.07) is 5.47. The van der Waals surface area contributed by atoms with Crippen molar-refractivity contribution in [1.82, 2.24) is 4.90 Å². The molecule has 1 aliphatic rings. The Morgan fingerprint density at radius 1 is 1.45 bits per heavy atom. The number of nitrogens with one attached hydrogen (secondary N) is 1. The highest BCUT2D eigenvalue weighted by atomic mass is 16.5. The largest absolute Gasteiger partial charge is 0.383 e. The third-order valence-corrected chi connectivity index (χ3v) is 3.75. The summed E-state index contributed by atoms with van der Waals surface area (Å²) >= 11 is 0. The van der Waals surface area contributed by atoms with Gasteiger partial charge in [-0.15, -0.1) is 0 Å². The van der Waals surface area contributed by atoms with Crippen LogP contribution in [0.3, 0.4) is 0 Å². The van der Waals surface area contributed by atoms with Crippen LogP contribution in [0.5, 0.6) is 0 Å². The average Bonchev–Trinajstić information content (AvgIpc) is 2.52. The molecule has 1 heterocycles. The molecule has 1 amide bonds. The van der Waals surface area contributed by atoms with Crippen molar-refractivity contribution >= 4 is 11.6 Å². The Labute approximate surface area is 131 Å². The fourth-order valence-electron chi connectivity index (χ4n) is 2.40. The maximum atomic E-state index is 12.0. The number of ether oxygens (including phenoxy) is 2. The molecule has 0 aliphatic carbocycles. The van der Waals surface area contributed by atoms with Crippen LogP contribution in [0.1, 0.15) is 11.1 Å². The van der Waals surface area contributed by atoms with Gasteiger partial charge in [0.05, 0.1) is 19.8 Å². The maximum Gasteiger partial charge on any atom is 0.243 e. The topological polar surface area (TPSA) is 76.8 Å². The third kappa shape index (κ3) is 4.78. The Hall–Kier alpha value is -1.47. The molecule has 1 fully saturated rings. The summed E-state index contributed by atoms with van der Waals surface area (Å²) in [5.74, 6) is -0.228. The second-order valence-electron chi connectivity index (χ2n) is 5.59. The van der Waals surface area contributed by atoms with Gasteiger partial charge in [0.15, 0.2) is 0 Å². The van der Waals surface area contributed by atoms with Crippen LogP contribution in [0.25, 0.3) is 0 Å². The predicted octanol–water partition coefficient (Wildman–Crippen LogP) is 0.739. The van der Waals surface area contributed by atoms with Crippen LogP contribution < -0.4 is 11.1 Å². The zero-order valence-electron chi connectivity index (χ0n) is 13.3. The Morgan fingerprint density at radius 2 is 2.18 bits per heavy atom. The first-order valence-corrected chi connectivity index (χ1v) is 7.55. The molecule has 1 unspecified atom stereocenters. The van der Waals surface area contributed by atoms with Gasteiger partial charge in [-0.1, -0.05) is 12.1 Å². The van der Waals surface area contributed by atoms with Crippen molar-refractivity contribution in [2.24, 2.45) is 5.73 Å². The predicted molar refractivity (Wildman–Crippen MR) is 85.8 cm³/mol. The van der Waals surface area contributed by atoms with Crippen molar-refractivity contribution in [2.45, 2.75) is 19.5 Å². The zero-order chi connectivity index (χ0) is 15.9. The van der Waals surface area contributed by atoms with Crippen LogP contribution >= 0.6 is 0 Å². The summed E-state index contributed by atoms with van der Waals surface area (Å²) in [6.07, 6.45) is 0. The van der Waals surface area contributed by atoms with Crippen molar-refractivity contribution in [2.75, 3.05) is 45.3 Å². The highest BCUT2D eigenvalue weighted by Crippen LogP contribution is 2.18. The van der Waals surface area contributed by atoms with Gasteiger partial charge in [0.25, 0.3) is 0 Å². The summed E-state index contributed by atoms with van der Waals surface area (Å²) in [5.41, 5.74) is 8.75. The summed E-state index contributed by atoms with van der Waals surface area (Å²) in [4.78, 5) is 14.4. The molecule has 22 heavy (non-hydrogen) atoms. The molecule has 6 heteroatoms. The van der Waals surface area contributed by atoms with Crippen LogP contribution in [-0.4, -0.2) is 56.9 Å². The number of nitrogens with two attached hydrogens (primary N) is 1. The Bertz CT molecular complexity index is 501. The number of methoxy groups -OCH3 is 1. The molecular formula is C16H25N3O3. The van der Waals surface area contributed by atoms with Crippen molar-refractivity contribution in [3.05, 3.63) is 29.3 Å². The number of hydrogen-bond donors (Lipinski definition) is 2. The number of carbonyl (C=O) groups excluding carboxylic acids is 1. The van der Waals surface area contributed by atoms with E-state index in [1.807, 2.05) is 19.1 Å². The number of rotatable bonds is 6. The molecule has 0 radical (unpaired) electrons. The van der Waals surface area contributed by atoms with E-state index in [-0.39, 0.29) is 12.5 Å². The third-order valence-electron chi connectivity index (χ3n) is 3.75. The number of morpholine rings is 1. The number of amides is 1. The number of carbonyl (C=O) groups is 1. The number of aryl methyl sites for hydroxylation is 1. The normalized spacial score (nSPS) is 17.2. The first-order chi connectivity index (χ1) is 10.6. The smallest absolute Gasteiger partial charge is 0.243 e.